The molecule has 3 rings (SSSR count). The second-order valence-corrected chi connectivity index (χ2v) is 2.80. The van der Waals surface area contributed by atoms with Gasteiger partial charge in [0.2, 0.25) is 0 Å². The van der Waals surface area contributed by atoms with Crippen LogP contribution >= 0.6 is 0 Å². The minimum atomic E-state index is 0.743. The Labute approximate surface area is 69.1 Å². The van der Waals surface area contributed by atoms with Crippen molar-refractivity contribution in [1.29, 1.82) is 0 Å². The van der Waals surface area contributed by atoms with Crippen LogP contribution in [-0.2, 0) is 12.8 Å². The summed E-state index contributed by atoms with van der Waals surface area (Å²) in [5.74, 6) is 1.49. The van der Waals surface area contributed by atoms with E-state index in [9.17, 15) is 0 Å². The second kappa shape index (κ2) is 1.97. The molecule has 0 aromatic carbocycles. The van der Waals surface area contributed by atoms with E-state index in [2.05, 4.69) is 20.0 Å². The van der Waals surface area contributed by atoms with Crippen LogP contribution in [0.3, 0.4) is 0 Å². The number of nitrogens with zero attached hydrogens (tertiary/aromatic N) is 4. The highest BCUT2D eigenvalue weighted by atomic mass is 15.1. The topological polar surface area (TPSA) is 50.5 Å². The fraction of sp³-hybridized carbons (Fsp3) is 0.250. The molecule has 0 atom stereocenters. The van der Waals surface area contributed by atoms with E-state index in [1.165, 1.54) is 0 Å². The van der Waals surface area contributed by atoms with Gasteiger partial charge in [-0.25, -0.2) is 20.0 Å². The lowest BCUT2D eigenvalue weighted by atomic mass is 10.3. The first-order chi connectivity index (χ1) is 5.93. The Kier molecular flexibility index (Phi) is 0.983. The summed E-state index contributed by atoms with van der Waals surface area (Å²) in [6.45, 7) is 0. The van der Waals surface area contributed by atoms with Gasteiger partial charge in [0.05, 0.1) is 11.4 Å². The van der Waals surface area contributed by atoms with Gasteiger partial charge in [0, 0.05) is 25.3 Å². The molecule has 58 valence electrons. The minimum absolute atomic E-state index is 0.743. The first-order valence-corrected chi connectivity index (χ1v) is 3.88. The quantitative estimate of drug-likeness (QED) is 0.565. The molecular formula is C8H6N4. The Morgan fingerprint density at radius 3 is 2.00 bits per heavy atom. The minimum Gasteiger partial charge on any atom is -0.249 e. The van der Waals surface area contributed by atoms with Gasteiger partial charge in [-0.3, -0.25) is 0 Å². The van der Waals surface area contributed by atoms with Crippen LogP contribution in [0.5, 0.6) is 0 Å². The van der Waals surface area contributed by atoms with Crippen LogP contribution in [0.15, 0.2) is 9.98 Å². The molecule has 1 aromatic heterocycles. The van der Waals surface area contributed by atoms with E-state index in [0.717, 1.165) is 35.9 Å². The van der Waals surface area contributed by atoms with Crippen molar-refractivity contribution in [3.63, 3.8) is 0 Å². The summed E-state index contributed by atoms with van der Waals surface area (Å²) >= 11 is 0. The van der Waals surface area contributed by atoms with Crippen molar-refractivity contribution in [2.45, 2.75) is 12.8 Å². The fourth-order valence-corrected chi connectivity index (χ4v) is 1.41. The molecule has 4 nitrogen and oxygen atoms in total. The van der Waals surface area contributed by atoms with Gasteiger partial charge in [-0.2, -0.15) is 0 Å². The Morgan fingerprint density at radius 1 is 0.833 bits per heavy atom. The van der Waals surface area contributed by atoms with Crippen LogP contribution < -0.4 is 0 Å². The largest absolute Gasteiger partial charge is 0.249 e. The molecule has 0 radical (unpaired) electrons. The van der Waals surface area contributed by atoms with Gasteiger partial charge in [-0.15, -0.1) is 0 Å². The van der Waals surface area contributed by atoms with Crippen molar-refractivity contribution in [2.24, 2.45) is 9.98 Å². The zero-order valence-corrected chi connectivity index (χ0v) is 6.36. The average Bonchev–Trinajstić information content (AvgIpc) is 2.64. The van der Waals surface area contributed by atoms with Crippen LogP contribution in [0, 0.1) is 0 Å². The molecular weight excluding hydrogens is 152 g/mol. The highest BCUT2D eigenvalue weighted by molar-refractivity contribution is 5.76. The smallest absolute Gasteiger partial charge is 0.176 e. The molecule has 3 heterocycles. The Bertz CT molecular complexity index is 371. The maximum Gasteiger partial charge on any atom is 0.176 e. The van der Waals surface area contributed by atoms with E-state index in [1.807, 2.05) is 12.4 Å². The lowest BCUT2D eigenvalue weighted by Crippen LogP contribution is -1.93. The zero-order valence-electron chi connectivity index (χ0n) is 6.36. The molecule has 1 aromatic rings. The SMILES string of the molecule is C1=Nc2nc3c(nc2C1)CC=N3. The Hall–Kier alpha value is -1.58. The third kappa shape index (κ3) is 0.664. The summed E-state index contributed by atoms with van der Waals surface area (Å²) in [7, 11) is 0. The molecule has 0 spiro atoms. The number of aromatic nitrogens is 2. The van der Waals surface area contributed by atoms with Gasteiger partial charge in [0.25, 0.3) is 0 Å². The van der Waals surface area contributed by atoms with Crippen LogP contribution in [0.2, 0.25) is 0 Å². The molecule has 2 aliphatic heterocycles. The highest BCUT2D eigenvalue weighted by Crippen LogP contribution is 2.27. The van der Waals surface area contributed by atoms with Crippen molar-refractivity contribution >= 4 is 24.1 Å². The van der Waals surface area contributed by atoms with Gasteiger partial charge in [-0.05, 0) is 0 Å². The summed E-state index contributed by atoms with van der Waals surface area (Å²) in [5, 5.41) is 0. The van der Waals surface area contributed by atoms with E-state index in [-0.39, 0.29) is 0 Å². The van der Waals surface area contributed by atoms with Crippen molar-refractivity contribution in [3.8, 4) is 0 Å². The normalized spacial score (nSPS) is 16.7. The molecule has 0 bridgehead atoms. The predicted octanol–water partition coefficient (Wildman–Crippen LogP) is 0.993. The lowest BCUT2D eigenvalue weighted by Gasteiger charge is -1.98. The van der Waals surface area contributed by atoms with Crippen LogP contribution in [0.25, 0.3) is 0 Å². The Morgan fingerprint density at radius 2 is 1.42 bits per heavy atom. The molecule has 0 N–H and O–H groups in total. The first kappa shape index (κ1) is 5.99. The molecule has 0 fully saturated rings. The van der Waals surface area contributed by atoms with E-state index < -0.39 is 0 Å². The van der Waals surface area contributed by atoms with Crippen molar-refractivity contribution in [2.75, 3.05) is 0 Å². The summed E-state index contributed by atoms with van der Waals surface area (Å²) in [6.07, 6.45) is 5.30. The van der Waals surface area contributed by atoms with Gasteiger partial charge < -0.3 is 0 Å². The predicted molar refractivity (Wildman–Crippen MR) is 45.7 cm³/mol. The van der Waals surface area contributed by atoms with Gasteiger partial charge in [0.15, 0.2) is 11.6 Å². The molecule has 0 amide bonds. The van der Waals surface area contributed by atoms with E-state index in [4.69, 9.17) is 0 Å². The summed E-state index contributed by atoms with van der Waals surface area (Å²) < 4.78 is 0. The second-order valence-electron chi connectivity index (χ2n) is 2.80. The maximum atomic E-state index is 4.42. The molecule has 2 aliphatic rings. The number of aliphatic imine (C=N–C) groups is 2. The van der Waals surface area contributed by atoms with Gasteiger partial charge in [0.1, 0.15) is 0 Å². The third-order valence-corrected chi connectivity index (χ3v) is 1.99. The van der Waals surface area contributed by atoms with E-state index in [0.29, 0.717) is 0 Å². The van der Waals surface area contributed by atoms with E-state index >= 15 is 0 Å². The van der Waals surface area contributed by atoms with Crippen molar-refractivity contribution in [3.05, 3.63) is 11.4 Å². The molecule has 12 heavy (non-hydrogen) atoms. The molecule has 0 unspecified atom stereocenters. The summed E-state index contributed by atoms with van der Waals surface area (Å²) in [6, 6.07) is 0. The highest BCUT2D eigenvalue weighted by Gasteiger charge is 2.16. The van der Waals surface area contributed by atoms with Crippen LogP contribution in [0.4, 0.5) is 11.6 Å². The number of hydrogen-bond donors (Lipinski definition) is 0. The fourth-order valence-electron chi connectivity index (χ4n) is 1.41. The van der Waals surface area contributed by atoms with Crippen LogP contribution in [0.1, 0.15) is 11.4 Å². The Balaban J connectivity index is 2.27. The number of fused-ring (bicyclic) bond motifs is 2. The number of hydrogen-bond acceptors (Lipinski definition) is 4. The summed E-state index contributed by atoms with van der Waals surface area (Å²) in [4.78, 5) is 16.9. The van der Waals surface area contributed by atoms with E-state index in [1.54, 1.807) is 0 Å². The first-order valence-electron chi connectivity index (χ1n) is 3.88. The maximum absolute atomic E-state index is 4.42. The summed E-state index contributed by atoms with van der Waals surface area (Å²) in [5.41, 5.74) is 1.97. The van der Waals surface area contributed by atoms with Gasteiger partial charge >= 0.3 is 0 Å². The van der Waals surface area contributed by atoms with Gasteiger partial charge in [-0.1, -0.05) is 0 Å². The zero-order chi connectivity index (χ0) is 7.97. The molecule has 0 saturated heterocycles. The van der Waals surface area contributed by atoms with Crippen molar-refractivity contribution < 1.29 is 0 Å². The third-order valence-electron chi connectivity index (χ3n) is 1.99. The molecule has 4 heteroatoms. The lowest BCUT2D eigenvalue weighted by molar-refractivity contribution is 1.05. The molecule has 0 saturated carbocycles. The standard InChI is InChI=1S/C8H6N4/c1-3-9-7-5(1)11-6-2-4-10-8(6)12-7/h3-4H,1-2H2. The van der Waals surface area contributed by atoms with Crippen molar-refractivity contribution in [1.82, 2.24) is 9.97 Å². The average molecular weight is 158 g/mol. The monoisotopic (exact) mass is 158 g/mol. The number of rotatable bonds is 0. The molecule has 0 aliphatic carbocycles. The van der Waals surface area contributed by atoms with Crippen LogP contribution in [-0.4, -0.2) is 22.4 Å².